The third-order valence-corrected chi connectivity index (χ3v) is 3.24. The number of aromatic nitrogens is 1. The molecule has 0 spiro atoms. The van der Waals surface area contributed by atoms with Gasteiger partial charge >= 0.3 is 0 Å². The van der Waals surface area contributed by atoms with Crippen molar-refractivity contribution in [2.24, 2.45) is 7.05 Å². The molecule has 0 aliphatic carbocycles. The highest BCUT2D eigenvalue weighted by Gasteiger charge is 2.34. The van der Waals surface area contributed by atoms with Gasteiger partial charge in [0.1, 0.15) is 7.05 Å². The molecule has 6 heteroatoms. The van der Waals surface area contributed by atoms with E-state index in [1.165, 1.54) is 11.3 Å². The van der Waals surface area contributed by atoms with Gasteiger partial charge in [-0.1, -0.05) is 11.3 Å². The zero-order valence-electron chi connectivity index (χ0n) is 8.14. The van der Waals surface area contributed by atoms with Gasteiger partial charge in [-0.2, -0.15) is 4.57 Å². The predicted octanol–water partition coefficient (Wildman–Crippen LogP) is 0.447. The lowest BCUT2D eigenvalue weighted by molar-refractivity contribution is -0.681. The number of aryl methyl sites for hydroxylation is 1. The standard InChI is InChI=1S/C8H13N2O3S/c1-8(11,3-4-10(12)13)7-9(2)5-6-14-7/h5-6,11H,3-4H2,1-2H3/q+1. The first-order valence-electron chi connectivity index (χ1n) is 4.21. The maximum absolute atomic E-state index is 10.2. The number of rotatable bonds is 4. The van der Waals surface area contributed by atoms with Gasteiger partial charge in [-0.15, -0.1) is 0 Å². The summed E-state index contributed by atoms with van der Waals surface area (Å²) >= 11 is 1.40. The Morgan fingerprint density at radius 3 is 2.86 bits per heavy atom. The Morgan fingerprint density at radius 1 is 1.79 bits per heavy atom. The van der Waals surface area contributed by atoms with Crippen LogP contribution in [-0.2, 0) is 12.6 Å². The second-order valence-electron chi connectivity index (χ2n) is 3.40. The fourth-order valence-corrected chi connectivity index (χ4v) is 2.22. The highest BCUT2D eigenvalue weighted by atomic mass is 32.1. The molecule has 0 aliphatic heterocycles. The summed E-state index contributed by atoms with van der Waals surface area (Å²) in [5.41, 5.74) is -1.12. The van der Waals surface area contributed by atoms with Crippen LogP contribution in [-0.4, -0.2) is 16.6 Å². The van der Waals surface area contributed by atoms with Gasteiger partial charge in [0.05, 0.1) is 11.8 Å². The second kappa shape index (κ2) is 4.02. The van der Waals surface area contributed by atoms with Gasteiger partial charge in [0, 0.05) is 4.92 Å². The van der Waals surface area contributed by atoms with Gasteiger partial charge < -0.3 is 5.11 Å². The van der Waals surface area contributed by atoms with E-state index in [0.717, 1.165) is 5.01 Å². The summed E-state index contributed by atoms with van der Waals surface area (Å²) in [6.45, 7) is 1.38. The Labute approximate surface area is 85.8 Å². The van der Waals surface area contributed by atoms with E-state index in [-0.39, 0.29) is 13.0 Å². The van der Waals surface area contributed by atoms with Crippen molar-refractivity contribution < 1.29 is 14.6 Å². The molecule has 0 fully saturated rings. The summed E-state index contributed by atoms with van der Waals surface area (Å²) in [5.74, 6) is 0. The van der Waals surface area contributed by atoms with Crippen molar-refractivity contribution in [2.45, 2.75) is 18.9 Å². The Bertz CT molecular complexity index is 335. The Balaban J connectivity index is 2.75. The van der Waals surface area contributed by atoms with E-state index in [9.17, 15) is 15.2 Å². The van der Waals surface area contributed by atoms with Crippen molar-refractivity contribution in [3.8, 4) is 0 Å². The second-order valence-corrected chi connectivity index (χ2v) is 4.29. The van der Waals surface area contributed by atoms with Gasteiger partial charge in [-0.3, -0.25) is 10.1 Å². The molecular formula is C8H13N2O3S+. The monoisotopic (exact) mass is 217 g/mol. The summed E-state index contributed by atoms with van der Waals surface area (Å²) in [5, 5.41) is 22.8. The van der Waals surface area contributed by atoms with Gasteiger partial charge in [0.25, 0.3) is 5.01 Å². The quantitative estimate of drug-likeness (QED) is 0.452. The summed E-state index contributed by atoms with van der Waals surface area (Å²) < 4.78 is 1.78. The van der Waals surface area contributed by atoms with Gasteiger partial charge in [-0.05, 0) is 6.92 Å². The fourth-order valence-electron chi connectivity index (χ4n) is 1.26. The first-order valence-corrected chi connectivity index (χ1v) is 5.09. The van der Waals surface area contributed by atoms with Gasteiger partial charge in [0.15, 0.2) is 11.8 Å². The van der Waals surface area contributed by atoms with Crippen LogP contribution < -0.4 is 4.57 Å². The van der Waals surface area contributed by atoms with Crippen molar-refractivity contribution in [2.75, 3.05) is 6.54 Å². The van der Waals surface area contributed by atoms with Gasteiger partial charge in [0.2, 0.25) is 6.54 Å². The fraction of sp³-hybridized carbons (Fsp3) is 0.625. The van der Waals surface area contributed by atoms with Gasteiger partial charge in [-0.25, -0.2) is 0 Å². The summed E-state index contributed by atoms with van der Waals surface area (Å²) in [6, 6.07) is 0. The largest absolute Gasteiger partial charge is 0.378 e. The van der Waals surface area contributed by atoms with Crippen LogP contribution in [0.5, 0.6) is 0 Å². The molecule has 0 radical (unpaired) electrons. The molecule has 0 saturated heterocycles. The third-order valence-electron chi connectivity index (χ3n) is 2.03. The Morgan fingerprint density at radius 2 is 2.43 bits per heavy atom. The van der Waals surface area contributed by atoms with Crippen LogP contribution in [0.25, 0.3) is 0 Å². The molecule has 14 heavy (non-hydrogen) atoms. The smallest absolute Gasteiger partial charge is 0.269 e. The molecule has 0 aromatic carbocycles. The van der Waals surface area contributed by atoms with E-state index >= 15 is 0 Å². The van der Waals surface area contributed by atoms with E-state index in [1.807, 2.05) is 18.6 Å². The van der Waals surface area contributed by atoms with Crippen molar-refractivity contribution in [3.63, 3.8) is 0 Å². The topological polar surface area (TPSA) is 67.2 Å². The molecule has 78 valence electrons. The molecule has 1 rings (SSSR count). The maximum Gasteiger partial charge on any atom is 0.269 e. The first kappa shape index (κ1) is 11.1. The van der Waals surface area contributed by atoms with Crippen LogP contribution in [0.2, 0.25) is 0 Å². The summed E-state index contributed by atoms with van der Waals surface area (Å²) in [4.78, 5) is 9.78. The molecule has 1 heterocycles. The minimum atomic E-state index is -1.12. The van der Waals surface area contributed by atoms with Crippen LogP contribution in [0.3, 0.4) is 0 Å². The number of nitro groups is 1. The van der Waals surface area contributed by atoms with Crippen molar-refractivity contribution >= 4 is 11.3 Å². The van der Waals surface area contributed by atoms with E-state index in [4.69, 9.17) is 0 Å². The van der Waals surface area contributed by atoms with Crippen molar-refractivity contribution in [1.82, 2.24) is 0 Å². The average molecular weight is 217 g/mol. The number of aliphatic hydroxyl groups is 1. The normalized spacial score (nSPS) is 15.1. The highest BCUT2D eigenvalue weighted by Crippen LogP contribution is 2.24. The molecule has 1 N–H and O–H groups in total. The van der Waals surface area contributed by atoms with Crippen LogP contribution in [0.1, 0.15) is 18.4 Å². The average Bonchev–Trinajstić information content (AvgIpc) is 2.48. The van der Waals surface area contributed by atoms with Crippen LogP contribution in [0, 0.1) is 10.1 Å². The molecule has 0 saturated carbocycles. The minimum Gasteiger partial charge on any atom is -0.378 e. The molecule has 1 atom stereocenters. The number of hydrogen-bond donors (Lipinski definition) is 1. The van der Waals surface area contributed by atoms with Crippen LogP contribution in [0.4, 0.5) is 0 Å². The molecule has 1 aromatic rings. The molecule has 0 aliphatic rings. The number of nitrogens with zero attached hydrogens (tertiary/aromatic N) is 2. The zero-order chi connectivity index (χ0) is 10.8. The molecular weight excluding hydrogens is 204 g/mol. The number of hydrogen-bond acceptors (Lipinski definition) is 4. The van der Waals surface area contributed by atoms with Crippen molar-refractivity contribution in [3.05, 3.63) is 26.7 Å². The maximum atomic E-state index is 10.2. The van der Waals surface area contributed by atoms with E-state index in [0.29, 0.717) is 0 Å². The summed E-state index contributed by atoms with van der Waals surface area (Å²) in [7, 11) is 1.81. The molecule has 0 amide bonds. The molecule has 0 bridgehead atoms. The molecule has 1 aromatic heterocycles. The Kier molecular flexibility index (Phi) is 3.17. The molecule has 5 nitrogen and oxygen atoms in total. The Hall–Kier alpha value is -1.01. The van der Waals surface area contributed by atoms with Crippen LogP contribution >= 0.6 is 11.3 Å². The number of thiazole rings is 1. The third kappa shape index (κ3) is 2.49. The van der Waals surface area contributed by atoms with E-state index in [2.05, 4.69) is 0 Å². The lowest BCUT2D eigenvalue weighted by Gasteiger charge is -2.15. The SMILES string of the molecule is C[n+]1ccsc1C(C)(O)CC[N+](=O)[O-]. The van der Waals surface area contributed by atoms with Crippen LogP contribution in [0.15, 0.2) is 11.6 Å². The lowest BCUT2D eigenvalue weighted by atomic mass is 10.0. The minimum absolute atomic E-state index is 0.133. The van der Waals surface area contributed by atoms with E-state index in [1.54, 1.807) is 11.5 Å². The summed E-state index contributed by atoms with van der Waals surface area (Å²) in [6.07, 6.45) is 1.95. The van der Waals surface area contributed by atoms with Crippen molar-refractivity contribution in [1.29, 1.82) is 0 Å². The zero-order valence-corrected chi connectivity index (χ0v) is 8.95. The first-order chi connectivity index (χ1) is 6.43. The molecule has 1 unspecified atom stereocenters. The van der Waals surface area contributed by atoms with E-state index < -0.39 is 10.5 Å². The highest BCUT2D eigenvalue weighted by molar-refractivity contribution is 7.09. The predicted molar refractivity (Wildman–Crippen MR) is 51.5 cm³/mol. The lowest BCUT2D eigenvalue weighted by Crippen LogP contribution is -2.39.